The van der Waals surface area contributed by atoms with Crippen LogP contribution in [0.5, 0.6) is 0 Å². The fraction of sp³-hybridized carbons (Fsp3) is 0.545. The van der Waals surface area contributed by atoms with Crippen LogP contribution in [0.4, 0.5) is 5.00 Å². The van der Waals surface area contributed by atoms with E-state index in [0.717, 1.165) is 35.0 Å². The monoisotopic (exact) mass is 302 g/mol. The van der Waals surface area contributed by atoms with Gasteiger partial charge in [0, 0.05) is 42.1 Å². The van der Waals surface area contributed by atoms with Crippen LogP contribution in [0, 0.1) is 10.1 Å². The van der Waals surface area contributed by atoms with E-state index in [1.54, 1.807) is 23.2 Å². The molecule has 6 nitrogen and oxygen atoms in total. The number of thiophene rings is 1. The first-order valence-corrected chi connectivity index (χ1v) is 7.85. The highest BCUT2D eigenvalue weighted by molar-refractivity contribution is 7.99. The van der Waals surface area contributed by atoms with Crippen molar-refractivity contribution in [1.82, 2.24) is 4.90 Å². The standard InChI is InChI=1S/C11H14N2O4S2/c14-11(15)4-9-7-18-2-1-12(9)5-8-3-10(13(16)17)19-6-8/h3,6,9H,1-2,4-5,7H2,(H,14,15). The summed E-state index contributed by atoms with van der Waals surface area (Å²) in [6, 6.07) is 1.58. The molecule has 1 aliphatic heterocycles. The molecule has 0 saturated carbocycles. The Morgan fingerprint density at radius 3 is 3.05 bits per heavy atom. The molecule has 1 saturated heterocycles. The average Bonchev–Trinajstić information content (AvgIpc) is 2.80. The normalized spacial score (nSPS) is 20.3. The van der Waals surface area contributed by atoms with E-state index in [2.05, 4.69) is 4.90 Å². The molecule has 1 aliphatic rings. The van der Waals surface area contributed by atoms with Crippen LogP contribution in [0.3, 0.4) is 0 Å². The smallest absolute Gasteiger partial charge is 0.324 e. The van der Waals surface area contributed by atoms with Crippen molar-refractivity contribution < 1.29 is 14.8 Å². The molecule has 0 spiro atoms. The van der Waals surface area contributed by atoms with Gasteiger partial charge in [0.2, 0.25) is 0 Å². The van der Waals surface area contributed by atoms with E-state index in [1.807, 2.05) is 0 Å². The van der Waals surface area contributed by atoms with Gasteiger partial charge in [-0.2, -0.15) is 11.8 Å². The molecule has 1 fully saturated rings. The van der Waals surface area contributed by atoms with Crippen LogP contribution in [-0.4, -0.2) is 45.0 Å². The SMILES string of the molecule is O=C(O)CC1CSCCN1Cc1csc([N+](=O)[O-])c1. The summed E-state index contributed by atoms with van der Waals surface area (Å²) in [7, 11) is 0. The van der Waals surface area contributed by atoms with Crippen LogP contribution in [0.2, 0.25) is 0 Å². The van der Waals surface area contributed by atoms with Crippen molar-refractivity contribution in [3.63, 3.8) is 0 Å². The minimum atomic E-state index is -0.797. The second kappa shape index (κ2) is 6.36. The van der Waals surface area contributed by atoms with Gasteiger partial charge in [-0.1, -0.05) is 11.3 Å². The summed E-state index contributed by atoms with van der Waals surface area (Å²) in [5.41, 5.74) is 0.888. The number of hydrogen-bond acceptors (Lipinski definition) is 6. The number of nitrogens with zero attached hydrogens (tertiary/aromatic N) is 2. The number of thioether (sulfide) groups is 1. The number of carboxylic acid groups (broad SMARTS) is 1. The second-order valence-electron chi connectivity index (χ2n) is 4.35. The maximum Gasteiger partial charge on any atom is 0.324 e. The van der Waals surface area contributed by atoms with Crippen molar-refractivity contribution >= 4 is 34.1 Å². The molecular formula is C11H14N2O4S2. The highest BCUT2D eigenvalue weighted by Crippen LogP contribution is 2.26. The van der Waals surface area contributed by atoms with Crippen LogP contribution in [0.25, 0.3) is 0 Å². The fourth-order valence-electron chi connectivity index (χ4n) is 2.06. The molecule has 2 heterocycles. The van der Waals surface area contributed by atoms with Gasteiger partial charge in [0.15, 0.2) is 0 Å². The number of hydrogen-bond donors (Lipinski definition) is 1. The number of nitro groups is 1. The van der Waals surface area contributed by atoms with Gasteiger partial charge in [0.05, 0.1) is 11.3 Å². The quantitative estimate of drug-likeness (QED) is 0.662. The first-order chi connectivity index (χ1) is 9.06. The molecule has 0 bridgehead atoms. The lowest BCUT2D eigenvalue weighted by molar-refractivity contribution is -0.380. The molecule has 0 amide bonds. The van der Waals surface area contributed by atoms with Gasteiger partial charge in [-0.3, -0.25) is 19.8 Å². The molecule has 0 aromatic carbocycles. The maximum absolute atomic E-state index is 10.8. The molecule has 0 aliphatic carbocycles. The third kappa shape index (κ3) is 3.92. The molecule has 0 radical (unpaired) electrons. The lowest BCUT2D eigenvalue weighted by Crippen LogP contribution is -2.42. The molecule has 2 rings (SSSR count). The summed E-state index contributed by atoms with van der Waals surface area (Å²) in [6.07, 6.45) is 0.124. The minimum absolute atomic E-state index is 0.00945. The Morgan fingerprint density at radius 2 is 2.42 bits per heavy atom. The Kier molecular flexibility index (Phi) is 4.78. The van der Waals surface area contributed by atoms with E-state index in [9.17, 15) is 14.9 Å². The average molecular weight is 302 g/mol. The van der Waals surface area contributed by atoms with Crippen LogP contribution in [0.1, 0.15) is 12.0 Å². The summed E-state index contributed by atoms with van der Waals surface area (Å²) >= 11 is 2.87. The Balaban J connectivity index is 2.01. The Labute approximate surface area is 118 Å². The van der Waals surface area contributed by atoms with Gasteiger partial charge in [0.1, 0.15) is 0 Å². The molecule has 1 unspecified atom stereocenters. The highest BCUT2D eigenvalue weighted by atomic mass is 32.2. The number of carbonyl (C=O) groups is 1. The summed E-state index contributed by atoms with van der Waals surface area (Å²) in [5.74, 6) is 0.981. The van der Waals surface area contributed by atoms with E-state index >= 15 is 0 Å². The molecule has 1 N–H and O–H groups in total. The zero-order chi connectivity index (χ0) is 13.8. The van der Waals surface area contributed by atoms with Gasteiger partial charge >= 0.3 is 11.0 Å². The highest BCUT2D eigenvalue weighted by Gasteiger charge is 2.25. The van der Waals surface area contributed by atoms with Gasteiger partial charge in [-0.05, 0) is 5.56 Å². The largest absolute Gasteiger partial charge is 0.481 e. The number of rotatable bonds is 5. The third-order valence-electron chi connectivity index (χ3n) is 2.97. The first kappa shape index (κ1) is 14.3. The van der Waals surface area contributed by atoms with Crippen molar-refractivity contribution in [3.05, 3.63) is 27.1 Å². The van der Waals surface area contributed by atoms with E-state index in [0.29, 0.717) is 6.54 Å². The van der Waals surface area contributed by atoms with E-state index in [-0.39, 0.29) is 17.5 Å². The molecule has 1 atom stereocenters. The van der Waals surface area contributed by atoms with Crippen molar-refractivity contribution in [2.24, 2.45) is 0 Å². The van der Waals surface area contributed by atoms with Gasteiger partial charge in [-0.25, -0.2) is 0 Å². The van der Waals surface area contributed by atoms with Crippen molar-refractivity contribution in [2.75, 3.05) is 18.1 Å². The van der Waals surface area contributed by atoms with Crippen molar-refractivity contribution in [1.29, 1.82) is 0 Å². The van der Waals surface area contributed by atoms with E-state index < -0.39 is 10.9 Å². The summed E-state index contributed by atoms with van der Waals surface area (Å²) in [4.78, 5) is 23.2. The van der Waals surface area contributed by atoms with Crippen LogP contribution in [-0.2, 0) is 11.3 Å². The van der Waals surface area contributed by atoms with Crippen LogP contribution >= 0.6 is 23.1 Å². The first-order valence-electron chi connectivity index (χ1n) is 5.81. The van der Waals surface area contributed by atoms with E-state index in [1.165, 1.54) is 0 Å². The summed E-state index contributed by atoms with van der Waals surface area (Å²) in [6.45, 7) is 1.41. The molecule has 1 aromatic heterocycles. The zero-order valence-electron chi connectivity index (χ0n) is 10.2. The lowest BCUT2D eigenvalue weighted by Gasteiger charge is -2.34. The van der Waals surface area contributed by atoms with Crippen LogP contribution < -0.4 is 0 Å². The predicted molar refractivity (Wildman–Crippen MR) is 74.7 cm³/mol. The van der Waals surface area contributed by atoms with Crippen molar-refractivity contribution in [3.8, 4) is 0 Å². The number of aliphatic carboxylic acids is 1. The zero-order valence-corrected chi connectivity index (χ0v) is 11.8. The van der Waals surface area contributed by atoms with Gasteiger partial charge < -0.3 is 5.11 Å². The Bertz CT molecular complexity index is 477. The van der Waals surface area contributed by atoms with E-state index in [4.69, 9.17) is 5.11 Å². The summed E-state index contributed by atoms with van der Waals surface area (Å²) < 4.78 is 0. The maximum atomic E-state index is 10.8. The Morgan fingerprint density at radius 1 is 1.63 bits per heavy atom. The second-order valence-corrected chi connectivity index (χ2v) is 6.39. The molecule has 19 heavy (non-hydrogen) atoms. The molecule has 8 heteroatoms. The van der Waals surface area contributed by atoms with Gasteiger partial charge in [-0.15, -0.1) is 0 Å². The van der Waals surface area contributed by atoms with Gasteiger partial charge in [0.25, 0.3) is 0 Å². The molecule has 1 aromatic rings. The lowest BCUT2D eigenvalue weighted by atomic mass is 10.1. The van der Waals surface area contributed by atoms with Crippen molar-refractivity contribution in [2.45, 2.75) is 19.0 Å². The number of carboxylic acids is 1. The van der Waals surface area contributed by atoms with Crippen LogP contribution in [0.15, 0.2) is 11.4 Å². The predicted octanol–water partition coefficient (Wildman–Crippen LogP) is 2.05. The Hall–Kier alpha value is -1.12. The molecule has 104 valence electrons. The summed E-state index contributed by atoms with van der Waals surface area (Å²) in [5, 5.41) is 21.5. The third-order valence-corrected chi connectivity index (χ3v) is 4.99. The topological polar surface area (TPSA) is 83.7 Å². The fourth-order valence-corrected chi connectivity index (χ4v) is 3.91. The molecular weight excluding hydrogens is 288 g/mol. The minimum Gasteiger partial charge on any atom is -0.481 e.